The highest BCUT2D eigenvalue weighted by Crippen LogP contribution is 2.42. The van der Waals surface area contributed by atoms with Crippen molar-refractivity contribution in [3.8, 4) is 11.1 Å². The summed E-state index contributed by atoms with van der Waals surface area (Å²) >= 11 is 1.65. The van der Waals surface area contributed by atoms with Crippen LogP contribution in [-0.2, 0) is 0 Å². The molecule has 0 aliphatic carbocycles. The highest BCUT2D eigenvalue weighted by Gasteiger charge is 2.20. The number of halogens is 1. The first-order chi connectivity index (χ1) is 12.5. The summed E-state index contributed by atoms with van der Waals surface area (Å²) in [6.45, 7) is 3.99. The first-order valence-electron chi connectivity index (χ1n) is 8.37. The molecular weight excluding hydrogens is 345 g/mol. The number of hydrogen-bond acceptors (Lipinski definition) is 4. The Morgan fingerprint density at radius 1 is 0.923 bits per heavy atom. The van der Waals surface area contributed by atoms with E-state index in [0.29, 0.717) is 0 Å². The minimum atomic E-state index is -0.236. The SMILES string of the molecule is Cc1nc(N(C)c2ccccc2)c2c(-c3ccc(F)cc3)c(C)sc2n1. The highest BCUT2D eigenvalue weighted by molar-refractivity contribution is 7.19. The molecule has 0 fully saturated rings. The van der Waals surface area contributed by atoms with Gasteiger partial charge in [-0.15, -0.1) is 11.3 Å². The maximum absolute atomic E-state index is 13.4. The molecule has 0 N–H and O–H groups in total. The van der Waals surface area contributed by atoms with E-state index < -0.39 is 0 Å². The van der Waals surface area contributed by atoms with Crippen LogP contribution in [0.2, 0.25) is 0 Å². The van der Waals surface area contributed by atoms with Gasteiger partial charge in [-0.05, 0) is 43.7 Å². The van der Waals surface area contributed by atoms with Crippen LogP contribution in [0.4, 0.5) is 15.9 Å². The van der Waals surface area contributed by atoms with Gasteiger partial charge in [-0.25, -0.2) is 14.4 Å². The van der Waals surface area contributed by atoms with Crippen LogP contribution in [0, 0.1) is 19.7 Å². The molecule has 0 bridgehead atoms. The second-order valence-corrected chi connectivity index (χ2v) is 7.41. The van der Waals surface area contributed by atoms with Gasteiger partial charge < -0.3 is 4.90 Å². The van der Waals surface area contributed by atoms with Crippen LogP contribution in [-0.4, -0.2) is 17.0 Å². The predicted molar refractivity (Wildman–Crippen MR) is 107 cm³/mol. The molecular formula is C21H18FN3S. The topological polar surface area (TPSA) is 29.0 Å². The molecule has 0 atom stereocenters. The van der Waals surface area contributed by atoms with Crippen LogP contribution in [0.25, 0.3) is 21.3 Å². The van der Waals surface area contributed by atoms with Crippen molar-refractivity contribution in [2.75, 3.05) is 11.9 Å². The standard InChI is InChI=1S/C21H18FN3S/c1-13-18(15-9-11-16(22)12-10-15)19-20(23-14(2)24-21(19)26-13)25(3)17-7-5-4-6-8-17/h4-12H,1-3H3. The second-order valence-electron chi connectivity index (χ2n) is 6.21. The number of anilines is 2. The maximum atomic E-state index is 13.4. The number of para-hydroxylation sites is 1. The zero-order valence-electron chi connectivity index (χ0n) is 14.8. The number of aryl methyl sites for hydroxylation is 2. The van der Waals surface area contributed by atoms with E-state index in [1.807, 2.05) is 44.3 Å². The van der Waals surface area contributed by atoms with Crippen LogP contribution in [0.1, 0.15) is 10.7 Å². The smallest absolute Gasteiger partial charge is 0.145 e. The largest absolute Gasteiger partial charge is 0.329 e. The van der Waals surface area contributed by atoms with Gasteiger partial charge in [0.25, 0.3) is 0 Å². The Bertz CT molecular complexity index is 1070. The lowest BCUT2D eigenvalue weighted by Crippen LogP contribution is -2.12. The average molecular weight is 363 g/mol. The lowest BCUT2D eigenvalue weighted by molar-refractivity contribution is 0.628. The van der Waals surface area contributed by atoms with Gasteiger partial charge in [-0.1, -0.05) is 30.3 Å². The molecule has 0 saturated heterocycles. The first kappa shape index (κ1) is 16.7. The fraction of sp³-hybridized carbons (Fsp3) is 0.143. The zero-order chi connectivity index (χ0) is 18.3. The van der Waals surface area contributed by atoms with Gasteiger partial charge in [0.2, 0.25) is 0 Å². The minimum Gasteiger partial charge on any atom is -0.329 e. The summed E-state index contributed by atoms with van der Waals surface area (Å²) in [5.41, 5.74) is 3.11. The van der Waals surface area contributed by atoms with E-state index in [1.54, 1.807) is 11.3 Å². The molecule has 0 unspecified atom stereocenters. The normalized spacial score (nSPS) is 11.1. The van der Waals surface area contributed by atoms with Crippen LogP contribution < -0.4 is 4.90 Å². The molecule has 2 heterocycles. The molecule has 4 rings (SSSR count). The van der Waals surface area contributed by atoms with E-state index in [9.17, 15) is 4.39 Å². The third kappa shape index (κ3) is 2.84. The number of nitrogens with zero attached hydrogens (tertiary/aromatic N) is 3. The molecule has 0 spiro atoms. The monoisotopic (exact) mass is 363 g/mol. The van der Waals surface area contributed by atoms with E-state index in [1.165, 1.54) is 12.1 Å². The van der Waals surface area contributed by atoms with E-state index in [-0.39, 0.29) is 5.82 Å². The van der Waals surface area contributed by atoms with Crippen LogP contribution in [0.3, 0.4) is 0 Å². The minimum absolute atomic E-state index is 0.236. The highest BCUT2D eigenvalue weighted by atomic mass is 32.1. The Kier molecular flexibility index (Phi) is 4.17. The number of rotatable bonds is 3. The Labute approximate surface area is 155 Å². The van der Waals surface area contributed by atoms with Crippen LogP contribution in [0.5, 0.6) is 0 Å². The van der Waals surface area contributed by atoms with Crippen LogP contribution >= 0.6 is 11.3 Å². The van der Waals surface area contributed by atoms with Gasteiger partial charge in [0.1, 0.15) is 22.3 Å². The lowest BCUT2D eigenvalue weighted by atomic mass is 10.0. The van der Waals surface area contributed by atoms with Crippen LogP contribution in [0.15, 0.2) is 54.6 Å². The molecule has 3 nitrogen and oxygen atoms in total. The molecule has 0 aliphatic heterocycles. The number of fused-ring (bicyclic) bond motifs is 1. The fourth-order valence-corrected chi connectivity index (χ4v) is 4.26. The third-order valence-electron chi connectivity index (χ3n) is 4.41. The van der Waals surface area contributed by atoms with Gasteiger partial charge in [-0.2, -0.15) is 0 Å². The summed E-state index contributed by atoms with van der Waals surface area (Å²) in [5.74, 6) is 1.37. The average Bonchev–Trinajstić information content (AvgIpc) is 2.97. The maximum Gasteiger partial charge on any atom is 0.145 e. The van der Waals surface area contributed by atoms with Gasteiger partial charge in [0.15, 0.2) is 0 Å². The summed E-state index contributed by atoms with van der Waals surface area (Å²) in [5, 5.41) is 1.01. The quantitative estimate of drug-likeness (QED) is 0.455. The molecule has 2 aromatic heterocycles. The molecule has 0 amide bonds. The molecule has 0 aliphatic rings. The molecule has 5 heteroatoms. The molecule has 0 radical (unpaired) electrons. The molecule has 130 valence electrons. The summed E-state index contributed by atoms with van der Waals surface area (Å²) in [4.78, 5) is 13.6. The van der Waals surface area contributed by atoms with Crippen molar-refractivity contribution in [3.63, 3.8) is 0 Å². The fourth-order valence-electron chi connectivity index (χ4n) is 3.18. The molecule has 4 aromatic rings. The Hall–Kier alpha value is -2.79. The van der Waals surface area contributed by atoms with E-state index in [0.717, 1.165) is 43.6 Å². The number of aromatic nitrogens is 2. The summed E-state index contributed by atoms with van der Waals surface area (Å²) < 4.78 is 13.4. The van der Waals surface area contributed by atoms with Gasteiger partial charge in [-0.3, -0.25) is 0 Å². The van der Waals surface area contributed by atoms with Crippen molar-refractivity contribution in [1.29, 1.82) is 0 Å². The van der Waals surface area contributed by atoms with Crippen molar-refractivity contribution in [3.05, 3.63) is 71.1 Å². The van der Waals surface area contributed by atoms with Crippen molar-refractivity contribution < 1.29 is 4.39 Å². The second kappa shape index (κ2) is 6.50. The summed E-state index contributed by atoms with van der Waals surface area (Å²) in [6, 6.07) is 16.7. The number of thiophene rings is 1. The summed E-state index contributed by atoms with van der Waals surface area (Å²) in [6.07, 6.45) is 0. The Balaban J connectivity index is 1.99. The van der Waals surface area contributed by atoms with Crippen molar-refractivity contribution in [1.82, 2.24) is 9.97 Å². The van der Waals surface area contributed by atoms with E-state index >= 15 is 0 Å². The molecule has 26 heavy (non-hydrogen) atoms. The first-order valence-corrected chi connectivity index (χ1v) is 9.18. The summed E-state index contributed by atoms with van der Waals surface area (Å²) in [7, 11) is 2.01. The number of hydrogen-bond donors (Lipinski definition) is 0. The van der Waals surface area contributed by atoms with E-state index in [4.69, 9.17) is 4.98 Å². The van der Waals surface area contributed by atoms with E-state index in [2.05, 4.69) is 28.9 Å². The van der Waals surface area contributed by atoms with Gasteiger partial charge >= 0.3 is 0 Å². The molecule has 2 aromatic carbocycles. The zero-order valence-corrected chi connectivity index (χ0v) is 15.6. The van der Waals surface area contributed by atoms with Gasteiger partial charge in [0, 0.05) is 23.2 Å². The third-order valence-corrected chi connectivity index (χ3v) is 5.41. The van der Waals surface area contributed by atoms with Gasteiger partial charge in [0.05, 0.1) is 5.39 Å². The Morgan fingerprint density at radius 2 is 1.62 bits per heavy atom. The number of benzene rings is 2. The Morgan fingerprint density at radius 3 is 2.31 bits per heavy atom. The molecule has 0 saturated carbocycles. The van der Waals surface area contributed by atoms with Crippen molar-refractivity contribution in [2.24, 2.45) is 0 Å². The van der Waals surface area contributed by atoms with Crippen molar-refractivity contribution in [2.45, 2.75) is 13.8 Å². The predicted octanol–water partition coefficient (Wildman–Crippen LogP) is 5.88. The van der Waals surface area contributed by atoms with Crippen molar-refractivity contribution >= 4 is 33.1 Å². The lowest BCUT2D eigenvalue weighted by Gasteiger charge is -2.20.